The summed E-state index contributed by atoms with van der Waals surface area (Å²) < 4.78 is 5.87. The van der Waals surface area contributed by atoms with Crippen LogP contribution in [0, 0.1) is 0 Å². The lowest BCUT2D eigenvalue weighted by molar-refractivity contribution is -0.00303. The van der Waals surface area contributed by atoms with Crippen molar-refractivity contribution in [3.63, 3.8) is 0 Å². The molecule has 0 saturated carbocycles. The molecular weight excluding hydrogens is 364 g/mol. The molecule has 144 valence electrons. The van der Waals surface area contributed by atoms with Crippen molar-refractivity contribution < 1.29 is 4.74 Å². The molecule has 0 aliphatic carbocycles. The number of H-pyrrole nitrogens is 1. The van der Waals surface area contributed by atoms with Gasteiger partial charge in [0.2, 0.25) is 0 Å². The van der Waals surface area contributed by atoms with Crippen LogP contribution in [0.25, 0.3) is 11.4 Å². The number of aromatic amines is 1. The second-order valence-electron chi connectivity index (χ2n) is 7.72. The van der Waals surface area contributed by atoms with Gasteiger partial charge in [0.25, 0.3) is 5.56 Å². The van der Waals surface area contributed by atoms with E-state index in [2.05, 4.69) is 26.4 Å². The quantitative estimate of drug-likeness (QED) is 0.803. The third-order valence-corrected chi connectivity index (χ3v) is 4.87. The first-order valence-electron chi connectivity index (χ1n) is 9.07. The fraction of sp³-hybridized carbons (Fsp3) is 0.450. The zero-order chi connectivity index (χ0) is 19.6. The fourth-order valence-electron chi connectivity index (χ4n) is 3.21. The molecule has 3 rings (SSSR count). The highest BCUT2D eigenvalue weighted by Crippen LogP contribution is 2.32. The summed E-state index contributed by atoms with van der Waals surface area (Å²) in [4.78, 5) is 25.9. The molecule has 0 unspecified atom stereocenters. The standard InChI is InChI=1S/C20H25ClN4O2/c1-13(27-20(2,3)4)25-11-7-14(8-12-25)17-16(21)19(26)24-18(23-17)15-5-9-22-10-6-15/h5-6,9-10,14H,1,7-8,11-12H2,2-4H3,(H,23,24,26). The smallest absolute Gasteiger partial charge is 0.270 e. The third kappa shape index (κ3) is 4.69. The second-order valence-corrected chi connectivity index (χ2v) is 8.10. The van der Waals surface area contributed by atoms with E-state index in [1.165, 1.54) is 0 Å². The molecule has 27 heavy (non-hydrogen) atoms. The average molecular weight is 389 g/mol. The summed E-state index contributed by atoms with van der Waals surface area (Å²) in [6.45, 7) is 11.6. The molecule has 6 nitrogen and oxygen atoms in total. The van der Waals surface area contributed by atoms with Crippen LogP contribution in [0.2, 0.25) is 5.02 Å². The first-order valence-corrected chi connectivity index (χ1v) is 9.45. The van der Waals surface area contributed by atoms with Crippen molar-refractivity contribution in [2.24, 2.45) is 0 Å². The number of piperidine rings is 1. The molecule has 0 atom stereocenters. The zero-order valence-corrected chi connectivity index (χ0v) is 16.7. The van der Waals surface area contributed by atoms with E-state index in [1.807, 2.05) is 32.9 Å². The average Bonchev–Trinajstić information content (AvgIpc) is 2.63. The molecule has 1 fully saturated rings. The van der Waals surface area contributed by atoms with Crippen LogP contribution in [0.3, 0.4) is 0 Å². The first kappa shape index (κ1) is 19.4. The number of hydrogen-bond acceptors (Lipinski definition) is 5. The highest BCUT2D eigenvalue weighted by molar-refractivity contribution is 6.31. The molecule has 1 N–H and O–H groups in total. The van der Waals surface area contributed by atoms with E-state index in [9.17, 15) is 4.79 Å². The number of likely N-dealkylation sites (tertiary alicyclic amines) is 1. The largest absolute Gasteiger partial charge is 0.474 e. The first-order chi connectivity index (χ1) is 12.7. The van der Waals surface area contributed by atoms with Gasteiger partial charge in [-0.2, -0.15) is 0 Å². The van der Waals surface area contributed by atoms with Gasteiger partial charge < -0.3 is 14.6 Å². The molecule has 0 spiro atoms. The van der Waals surface area contributed by atoms with Gasteiger partial charge in [0, 0.05) is 37.0 Å². The summed E-state index contributed by atoms with van der Waals surface area (Å²) in [5.41, 5.74) is 0.889. The van der Waals surface area contributed by atoms with Crippen LogP contribution in [0.15, 0.2) is 41.8 Å². The summed E-state index contributed by atoms with van der Waals surface area (Å²) in [5.74, 6) is 1.33. The van der Waals surface area contributed by atoms with Gasteiger partial charge in [-0.05, 0) is 52.3 Å². The summed E-state index contributed by atoms with van der Waals surface area (Å²) in [6.07, 6.45) is 5.00. The van der Waals surface area contributed by atoms with Crippen LogP contribution < -0.4 is 5.56 Å². The number of nitrogens with zero attached hydrogens (tertiary/aromatic N) is 3. The van der Waals surface area contributed by atoms with Gasteiger partial charge in [-0.1, -0.05) is 11.6 Å². The molecule has 2 aromatic heterocycles. The SMILES string of the molecule is C=C(OC(C)(C)C)N1CCC(c2nc(-c3ccncc3)[nH]c(=O)c2Cl)CC1. The van der Waals surface area contributed by atoms with E-state index in [-0.39, 0.29) is 22.1 Å². The highest BCUT2D eigenvalue weighted by atomic mass is 35.5. The number of ether oxygens (including phenoxy) is 1. The van der Waals surface area contributed by atoms with Crippen LogP contribution in [-0.4, -0.2) is 38.5 Å². The molecule has 1 saturated heterocycles. The Morgan fingerprint density at radius 2 is 1.93 bits per heavy atom. The van der Waals surface area contributed by atoms with Crippen LogP contribution in [0.4, 0.5) is 0 Å². The maximum atomic E-state index is 12.3. The van der Waals surface area contributed by atoms with Crippen molar-refractivity contribution in [2.45, 2.75) is 45.1 Å². The zero-order valence-electron chi connectivity index (χ0n) is 16.0. The molecular formula is C20H25ClN4O2. The number of hydrogen-bond donors (Lipinski definition) is 1. The monoisotopic (exact) mass is 388 g/mol. The molecule has 0 amide bonds. The number of halogens is 1. The van der Waals surface area contributed by atoms with Gasteiger partial charge in [-0.15, -0.1) is 0 Å². The second kappa shape index (κ2) is 7.72. The van der Waals surface area contributed by atoms with E-state index < -0.39 is 0 Å². The van der Waals surface area contributed by atoms with Crippen molar-refractivity contribution in [2.75, 3.05) is 13.1 Å². The Morgan fingerprint density at radius 1 is 1.30 bits per heavy atom. The Morgan fingerprint density at radius 3 is 2.52 bits per heavy atom. The molecule has 3 heterocycles. The van der Waals surface area contributed by atoms with E-state index >= 15 is 0 Å². The van der Waals surface area contributed by atoms with Crippen LogP contribution in [-0.2, 0) is 4.74 Å². The summed E-state index contributed by atoms with van der Waals surface area (Å²) in [7, 11) is 0. The number of rotatable bonds is 4. The molecule has 2 aromatic rings. The van der Waals surface area contributed by atoms with Crippen molar-refractivity contribution in [3.8, 4) is 11.4 Å². The lowest BCUT2D eigenvalue weighted by Gasteiger charge is -2.36. The number of pyridine rings is 1. The van der Waals surface area contributed by atoms with Gasteiger partial charge in [0.1, 0.15) is 16.4 Å². The van der Waals surface area contributed by atoms with Gasteiger partial charge in [-0.25, -0.2) is 4.98 Å². The minimum atomic E-state index is -0.309. The Balaban J connectivity index is 1.77. The fourth-order valence-corrected chi connectivity index (χ4v) is 3.46. The van der Waals surface area contributed by atoms with Crippen molar-refractivity contribution >= 4 is 11.6 Å². The van der Waals surface area contributed by atoms with Crippen molar-refractivity contribution in [1.82, 2.24) is 19.9 Å². The molecule has 0 aromatic carbocycles. The van der Waals surface area contributed by atoms with E-state index in [4.69, 9.17) is 16.3 Å². The predicted molar refractivity (Wildman–Crippen MR) is 107 cm³/mol. The lowest BCUT2D eigenvalue weighted by Crippen LogP contribution is -2.36. The molecule has 0 radical (unpaired) electrons. The third-order valence-electron chi connectivity index (χ3n) is 4.50. The summed E-state index contributed by atoms with van der Waals surface area (Å²) >= 11 is 6.30. The van der Waals surface area contributed by atoms with Crippen LogP contribution >= 0.6 is 11.6 Å². The van der Waals surface area contributed by atoms with Crippen molar-refractivity contribution in [1.29, 1.82) is 0 Å². The molecule has 7 heteroatoms. The minimum absolute atomic E-state index is 0.124. The highest BCUT2D eigenvalue weighted by Gasteiger charge is 2.27. The normalized spacial score (nSPS) is 15.6. The molecule has 1 aliphatic heterocycles. The van der Waals surface area contributed by atoms with Crippen LogP contribution in [0.5, 0.6) is 0 Å². The lowest BCUT2D eigenvalue weighted by atomic mass is 9.93. The molecule has 0 bridgehead atoms. The van der Waals surface area contributed by atoms with E-state index in [0.29, 0.717) is 17.4 Å². The Labute approximate surface area is 164 Å². The Kier molecular flexibility index (Phi) is 5.56. The van der Waals surface area contributed by atoms with Gasteiger partial charge in [0.05, 0.1) is 5.69 Å². The summed E-state index contributed by atoms with van der Waals surface area (Å²) in [5, 5.41) is 0.177. The molecule has 1 aliphatic rings. The topological polar surface area (TPSA) is 71.1 Å². The van der Waals surface area contributed by atoms with Gasteiger partial charge >= 0.3 is 0 Å². The predicted octanol–water partition coefficient (Wildman–Crippen LogP) is 3.95. The van der Waals surface area contributed by atoms with Gasteiger partial charge in [0.15, 0.2) is 5.88 Å². The Bertz CT molecular complexity index is 866. The Hall–Kier alpha value is -2.34. The maximum Gasteiger partial charge on any atom is 0.270 e. The van der Waals surface area contributed by atoms with E-state index in [0.717, 1.165) is 31.5 Å². The maximum absolute atomic E-state index is 12.3. The number of nitrogens with one attached hydrogen (secondary N) is 1. The summed E-state index contributed by atoms with van der Waals surface area (Å²) in [6, 6.07) is 3.62. The van der Waals surface area contributed by atoms with E-state index in [1.54, 1.807) is 12.4 Å². The number of aromatic nitrogens is 3. The van der Waals surface area contributed by atoms with Crippen molar-refractivity contribution in [3.05, 3.63) is 58.1 Å². The van der Waals surface area contributed by atoms with Gasteiger partial charge in [-0.3, -0.25) is 9.78 Å². The van der Waals surface area contributed by atoms with Crippen LogP contribution in [0.1, 0.15) is 45.2 Å². The minimum Gasteiger partial charge on any atom is -0.474 e.